The van der Waals surface area contributed by atoms with E-state index < -0.39 is 10.0 Å². The fraction of sp³-hybridized carbons (Fsp3) is 0.286. The van der Waals surface area contributed by atoms with Gasteiger partial charge in [0.15, 0.2) is 0 Å². The van der Waals surface area contributed by atoms with Crippen LogP contribution in [0.15, 0.2) is 29.2 Å². The van der Waals surface area contributed by atoms with E-state index in [1.807, 2.05) is 26.0 Å². The maximum absolute atomic E-state index is 12.4. The molecule has 4 nitrogen and oxygen atoms in total. The number of aryl methyl sites for hydroxylation is 2. The van der Waals surface area contributed by atoms with Crippen LogP contribution in [-0.2, 0) is 16.6 Å². The van der Waals surface area contributed by atoms with Gasteiger partial charge in [0, 0.05) is 9.75 Å². The standard InChI is InChI=1S/C14H17NO3S2/c1-9-5-4-6-13(10(9)2)15-20(17,18)14-7-12(8-16)19-11(14)3/h4-7,15-16H,8H2,1-3H3. The molecule has 0 bridgehead atoms. The first-order valence-electron chi connectivity index (χ1n) is 6.14. The monoisotopic (exact) mass is 311 g/mol. The van der Waals surface area contributed by atoms with E-state index in [0.717, 1.165) is 11.1 Å². The normalized spacial score (nSPS) is 11.6. The van der Waals surface area contributed by atoms with Crippen molar-refractivity contribution >= 4 is 27.0 Å². The van der Waals surface area contributed by atoms with Crippen LogP contribution in [-0.4, -0.2) is 13.5 Å². The summed E-state index contributed by atoms with van der Waals surface area (Å²) in [5.74, 6) is 0. The van der Waals surface area contributed by atoms with Crippen LogP contribution in [0.2, 0.25) is 0 Å². The van der Waals surface area contributed by atoms with Crippen LogP contribution >= 0.6 is 11.3 Å². The molecule has 0 saturated carbocycles. The average molecular weight is 311 g/mol. The topological polar surface area (TPSA) is 66.4 Å². The third-order valence-electron chi connectivity index (χ3n) is 3.22. The van der Waals surface area contributed by atoms with Crippen LogP contribution in [0.1, 0.15) is 20.9 Å². The lowest BCUT2D eigenvalue weighted by molar-refractivity contribution is 0.285. The number of hydrogen-bond donors (Lipinski definition) is 2. The van der Waals surface area contributed by atoms with Gasteiger partial charge < -0.3 is 5.11 Å². The molecule has 2 rings (SSSR count). The highest BCUT2D eigenvalue weighted by Gasteiger charge is 2.20. The van der Waals surface area contributed by atoms with Crippen LogP contribution in [0.5, 0.6) is 0 Å². The summed E-state index contributed by atoms with van der Waals surface area (Å²) in [4.78, 5) is 1.54. The first kappa shape index (κ1) is 15.0. The van der Waals surface area contributed by atoms with E-state index >= 15 is 0 Å². The van der Waals surface area contributed by atoms with Gasteiger partial charge in [-0.2, -0.15) is 0 Å². The summed E-state index contributed by atoms with van der Waals surface area (Å²) in [5.41, 5.74) is 2.52. The lowest BCUT2D eigenvalue weighted by atomic mass is 10.1. The number of rotatable bonds is 4. The van der Waals surface area contributed by atoms with Crippen LogP contribution in [0.4, 0.5) is 5.69 Å². The second kappa shape index (κ2) is 5.55. The number of aliphatic hydroxyl groups excluding tert-OH is 1. The number of hydrogen-bond acceptors (Lipinski definition) is 4. The smallest absolute Gasteiger partial charge is 0.263 e. The summed E-state index contributed by atoms with van der Waals surface area (Å²) in [5, 5.41) is 9.11. The van der Waals surface area contributed by atoms with Gasteiger partial charge >= 0.3 is 0 Å². The molecule has 0 aliphatic carbocycles. The second-order valence-electron chi connectivity index (χ2n) is 4.64. The summed E-state index contributed by atoms with van der Waals surface area (Å²) >= 11 is 1.29. The first-order chi connectivity index (χ1) is 9.35. The average Bonchev–Trinajstić information content (AvgIpc) is 2.77. The molecule has 0 aliphatic rings. The van der Waals surface area contributed by atoms with Crippen molar-refractivity contribution in [3.05, 3.63) is 45.1 Å². The molecule has 1 heterocycles. The number of aliphatic hydroxyl groups is 1. The van der Waals surface area contributed by atoms with E-state index in [0.29, 0.717) is 15.4 Å². The highest BCUT2D eigenvalue weighted by Crippen LogP contribution is 2.28. The van der Waals surface area contributed by atoms with Gasteiger partial charge in [-0.1, -0.05) is 12.1 Å². The molecular formula is C14H17NO3S2. The van der Waals surface area contributed by atoms with Crippen LogP contribution in [0.25, 0.3) is 0 Å². The van der Waals surface area contributed by atoms with E-state index in [-0.39, 0.29) is 11.5 Å². The number of sulfonamides is 1. The van der Waals surface area contributed by atoms with Gasteiger partial charge in [0.05, 0.1) is 12.3 Å². The van der Waals surface area contributed by atoms with Crippen molar-refractivity contribution in [1.29, 1.82) is 0 Å². The van der Waals surface area contributed by atoms with Crippen molar-refractivity contribution in [2.24, 2.45) is 0 Å². The fourth-order valence-corrected chi connectivity index (χ4v) is 4.55. The SMILES string of the molecule is Cc1cccc(NS(=O)(=O)c2cc(CO)sc2C)c1C. The minimum atomic E-state index is -3.62. The minimum Gasteiger partial charge on any atom is -0.391 e. The zero-order valence-corrected chi connectivity index (χ0v) is 13.2. The summed E-state index contributed by atoms with van der Waals surface area (Å²) in [6.07, 6.45) is 0. The zero-order chi connectivity index (χ0) is 14.9. The molecule has 2 N–H and O–H groups in total. The van der Waals surface area contributed by atoms with Crippen LogP contribution in [0, 0.1) is 20.8 Å². The molecule has 0 saturated heterocycles. The van der Waals surface area contributed by atoms with Gasteiger partial charge in [-0.05, 0) is 44.0 Å². The Hall–Kier alpha value is -1.37. The predicted molar refractivity (Wildman–Crippen MR) is 81.7 cm³/mol. The molecule has 0 unspecified atom stereocenters. The zero-order valence-electron chi connectivity index (χ0n) is 11.6. The molecule has 0 amide bonds. The number of thiophene rings is 1. The predicted octanol–water partition coefficient (Wildman–Crippen LogP) is 2.97. The molecule has 0 spiro atoms. The fourth-order valence-electron chi connectivity index (χ4n) is 1.93. The maximum atomic E-state index is 12.4. The van der Waals surface area contributed by atoms with E-state index in [4.69, 9.17) is 5.11 Å². The first-order valence-corrected chi connectivity index (χ1v) is 8.44. The van der Waals surface area contributed by atoms with E-state index in [1.54, 1.807) is 13.0 Å². The van der Waals surface area contributed by atoms with E-state index in [9.17, 15) is 8.42 Å². The Balaban J connectivity index is 2.40. The molecule has 20 heavy (non-hydrogen) atoms. The lowest BCUT2D eigenvalue weighted by Gasteiger charge is -2.11. The Morgan fingerprint density at radius 2 is 1.95 bits per heavy atom. The minimum absolute atomic E-state index is 0.148. The van der Waals surface area contributed by atoms with Crippen molar-refractivity contribution in [2.45, 2.75) is 32.3 Å². The van der Waals surface area contributed by atoms with Gasteiger partial charge in [0.2, 0.25) is 0 Å². The summed E-state index contributed by atoms with van der Waals surface area (Å²) in [7, 11) is -3.62. The highest BCUT2D eigenvalue weighted by atomic mass is 32.2. The molecule has 0 atom stereocenters. The second-order valence-corrected chi connectivity index (χ2v) is 7.64. The number of anilines is 1. The Morgan fingerprint density at radius 3 is 2.55 bits per heavy atom. The van der Waals surface area contributed by atoms with Gasteiger partial charge in [-0.3, -0.25) is 4.72 Å². The van der Waals surface area contributed by atoms with Crippen LogP contribution in [0.3, 0.4) is 0 Å². The van der Waals surface area contributed by atoms with Crippen molar-refractivity contribution in [3.63, 3.8) is 0 Å². The summed E-state index contributed by atoms with van der Waals surface area (Å²) < 4.78 is 27.5. The lowest BCUT2D eigenvalue weighted by Crippen LogP contribution is -2.14. The maximum Gasteiger partial charge on any atom is 0.263 e. The number of benzene rings is 1. The quantitative estimate of drug-likeness (QED) is 0.912. The van der Waals surface area contributed by atoms with Crippen molar-refractivity contribution in [3.8, 4) is 0 Å². The van der Waals surface area contributed by atoms with E-state index in [2.05, 4.69) is 4.72 Å². The Bertz CT molecular complexity index is 733. The molecule has 108 valence electrons. The van der Waals surface area contributed by atoms with Crippen molar-refractivity contribution in [2.75, 3.05) is 4.72 Å². The van der Waals surface area contributed by atoms with Gasteiger partial charge in [-0.15, -0.1) is 11.3 Å². The molecule has 1 aromatic carbocycles. The van der Waals surface area contributed by atoms with E-state index in [1.165, 1.54) is 17.4 Å². The number of nitrogens with one attached hydrogen (secondary N) is 1. The largest absolute Gasteiger partial charge is 0.391 e. The third kappa shape index (κ3) is 2.87. The Labute approximate surface area is 123 Å². The van der Waals surface area contributed by atoms with Crippen LogP contribution < -0.4 is 4.72 Å². The summed E-state index contributed by atoms with van der Waals surface area (Å²) in [6.45, 7) is 5.41. The molecular weight excluding hydrogens is 294 g/mol. The molecule has 0 aliphatic heterocycles. The molecule has 0 fully saturated rings. The molecule has 1 aromatic heterocycles. The molecule has 2 aromatic rings. The van der Waals surface area contributed by atoms with Gasteiger partial charge in [-0.25, -0.2) is 8.42 Å². The molecule has 0 radical (unpaired) electrons. The Kier molecular flexibility index (Phi) is 4.17. The van der Waals surface area contributed by atoms with Crippen molar-refractivity contribution < 1.29 is 13.5 Å². The third-order valence-corrected chi connectivity index (χ3v) is 5.87. The van der Waals surface area contributed by atoms with Crippen molar-refractivity contribution in [1.82, 2.24) is 0 Å². The Morgan fingerprint density at radius 1 is 1.25 bits per heavy atom. The van der Waals surface area contributed by atoms with Gasteiger partial charge in [0.25, 0.3) is 10.0 Å². The molecule has 6 heteroatoms. The highest BCUT2D eigenvalue weighted by molar-refractivity contribution is 7.93. The van der Waals surface area contributed by atoms with Gasteiger partial charge in [0.1, 0.15) is 4.90 Å². The summed E-state index contributed by atoms with van der Waals surface area (Å²) in [6, 6.07) is 7.02.